The first-order valence-corrected chi connectivity index (χ1v) is 5.71. The van der Waals surface area contributed by atoms with Crippen LogP contribution in [0.2, 0.25) is 0 Å². The summed E-state index contributed by atoms with van der Waals surface area (Å²) in [6.45, 7) is 4.49. The molecule has 0 aromatic heterocycles. The van der Waals surface area contributed by atoms with Crippen molar-refractivity contribution in [3.8, 4) is 0 Å². The fourth-order valence-electron chi connectivity index (χ4n) is 2.42. The summed E-state index contributed by atoms with van der Waals surface area (Å²) in [6, 6.07) is 0.650. The molecule has 0 amide bonds. The van der Waals surface area contributed by atoms with Crippen LogP contribution in [0.4, 0.5) is 0 Å². The van der Waals surface area contributed by atoms with Gasteiger partial charge in [-0.3, -0.25) is 0 Å². The van der Waals surface area contributed by atoms with Crippen LogP contribution in [0.3, 0.4) is 0 Å². The van der Waals surface area contributed by atoms with Crippen LogP contribution in [0.5, 0.6) is 0 Å². The number of ether oxygens (including phenoxy) is 1. The van der Waals surface area contributed by atoms with E-state index in [4.69, 9.17) is 4.74 Å². The maximum absolute atomic E-state index is 5.79. The van der Waals surface area contributed by atoms with Crippen molar-refractivity contribution in [2.24, 2.45) is 5.92 Å². The maximum Gasteiger partial charge on any atom is 1.00 e. The molecule has 2 fully saturated rings. The van der Waals surface area contributed by atoms with Gasteiger partial charge in [0.2, 0.25) is 0 Å². The van der Waals surface area contributed by atoms with E-state index in [1.807, 2.05) is 0 Å². The Bertz CT molecular complexity index is 157. The number of rotatable bonds is 1. The summed E-state index contributed by atoms with van der Waals surface area (Å²) in [5.74, 6) is 0.861. The average molecular weight is 221 g/mol. The summed E-state index contributed by atoms with van der Waals surface area (Å²) in [4.78, 5) is 0. The van der Waals surface area contributed by atoms with Crippen LogP contribution in [0, 0.1) is 5.92 Å². The zero-order chi connectivity index (χ0) is 9.10. The summed E-state index contributed by atoms with van der Waals surface area (Å²) in [6.07, 6.45) is 7.09. The van der Waals surface area contributed by atoms with Crippen molar-refractivity contribution in [3.63, 3.8) is 0 Å². The Hall–Kier alpha value is 0.985. The van der Waals surface area contributed by atoms with Crippen LogP contribution in [-0.4, -0.2) is 33.7 Å². The number of piperidine rings is 1. The smallest absolute Gasteiger partial charge is 0.377 e. The fourth-order valence-corrected chi connectivity index (χ4v) is 2.42. The largest absolute Gasteiger partial charge is 1.00 e. The Morgan fingerprint density at radius 1 is 1.13 bits per heavy atom. The van der Waals surface area contributed by atoms with Gasteiger partial charge in [-0.25, -0.2) is 0 Å². The summed E-state index contributed by atoms with van der Waals surface area (Å²) in [5, 5.41) is 3.61. The minimum Gasteiger partial charge on any atom is -0.377 e. The summed E-state index contributed by atoms with van der Waals surface area (Å²) in [7, 11) is 0. The molecule has 2 heterocycles. The van der Waals surface area contributed by atoms with Gasteiger partial charge in [0.1, 0.15) is 0 Å². The molecule has 0 aliphatic carbocycles. The van der Waals surface area contributed by atoms with E-state index in [2.05, 4.69) is 12.2 Å². The SMILES string of the molecule is C[C@H]1CC[C@H](C2CCCCO2)NC1.[BH4-].[Na+]. The second-order valence-corrected chi connectivity index (χ2v) is 4.60. The molecular weight excluding hydrogens is 196 g/mol. The van der Waals surface area contributed by atoms with Crippen molar-refractivity contribution in [3.05, 3.63) is 0 Å². The monoisotopic (exact) mass is 221 g/mol. The van der Waals surface area contributed by atoms with Crippen molar-refractivity contribution in [2.45, 2.75) is 51.2 Å². The summed E-state index contributed by atoms with van der Waals surface area (Å²) < 4.78 is 5.79. The van der Waals surface area contributed by atoms with E-state index in [1.165, 1.54) is 38.6 Å². The van der Waals surface area contributed by atoms with Crippen molar-refractivity contribution < 1.29 is 34.3 Å². The molecule has 2 saturated heterocycles. The van der Waals surface area contributed by atoms with Crippen molar-refractivity contribution in [1.82, 2.24) is 5.32 Å². The van der Waals surface area contributed by atoms with Gasteiger partial charge in [-0.1, -0.05) is 15.3 Å². The van der Waals surface area contributed by atoms with Crippen LogP contribution >= 0.6 is 0 Å². The summed E-state index contributed by atoms with van der Waals surface area (Å²) in [5.41, 5.74) is 0. The molecule has 3 atom stereocenters. The molecular formula is C11H25BNNaO. The Labute approximate surface area is 118 Å². The molecule has 15 heavy (non-hydrogen) atoms. The zero-order valence-electron chi connectivity index (χ0n) is 9.59. The summed E-state index contributed by atoms with van der Waals surface area (Å²) >= 11 is 0. The number of nitrogens with one attached hydrogen (secondary N) is 1. The molecule has 2 nitrogen and oxygen atoms in total. The molecule has 0 aromatic carbocycles. The molecule has 84 valence electrons. The normalized spacial score (nSPS) is 36.2. The molecule has 1 N–H and O–H groups in total. The van der Waals surface area contributed by atoms with Gasteiger partial charge in [-0.15, -0.1) is 0 Å². The Balaban J connectivity index is 0.000000980. The molecule has 0 radical (unpaired) electrons. The predicted molar refractivity (Wildman–Crippen MR) is 65.1 cm³/mol. The molecule has 0 bridgehead atoms. The van der Waals surface area contributed by atoms with Gasteiger partial charge in [0.05, 0.1) is 6.10 Å². The van der Waals surface area contributed by atoms with Gasteiger partial charge in [0, 0.05) is 12.6 Å². The van der Waals surface area contributed by atoms with Crippen LogP contribution in [0.15, 0.2) is 0 Å². The van der Waals surface area contributed by atoms with Crippen LogP contribution in [0.25, 0.3) is 0 Å². The van der Waals surface area contributed by atoms with E-state index in [9.17, 15) is 0 Å². The maximum atomic E-state index is 5.79. The van der Waals surface area contributed by atoms with Gasteiger partial charge in [-0.05, 0) is 44.6 Å². The van der Waals surface area contributed by atoms with Gasteiger partial charge in [0.15, 0.2) is 0 Å². The standard InChI is InChI=1S/C11H21NO.BH4.Na/c1-9-5-6-10(12-8-9)11-4-2-3-7-13-11;;/h9-12H,2-8H2,1H3;1H4;/q;-1;+1/t9-,10+,11?;;/m0../s1. The number of hydrogen-bond acceptors (Lipinski definition) is 2. The van der Waals surface area contributed by atoms with Gasteiger partial charge < -0.3 is 10.1 Å². The molecule has 0 aromatic rings. The zero-order valence-corrected chi connectivity index (χ0v) is 11.6. The van der Waals surface area contributed by atoms with Gasteiger partial charge >= 0.3 is 29.6 Å². The molecule has 2 aliphatic rings. The number of hydrogen-bond donors (Lipinski definition) is 1. The van der Waals surface area contributed by atoms with E-state index in [-0.39, 0.29) is 38.0 Å². The van der Waals surface area contributed by atoms with Crippen molar-refractivity contribution >= 4 is 8.41 Å². The molecule has 1 unspecified atom stereocenters. The fraction of sp³-hybridized carbons (Fsp3) is 1.00. The first kappa shape index (κ1) is 16.0. The van der Waals surface area contributed by atoms with Crippen LogP contribution in [0.1, 0.15) is 39.0 Å². The molecule has 0 saturated carbocycles. The predicted octanol–water partition coefficient (Wildman–Crippen LogP) is -2.50. The minimum absolute atomic E-state index is 0. The second kappa shape index (κ2) is 8.13. The van der Waals surface area contributed by atoms with E-state index >= 15 is 0 Å². The van der Waals surface area contributed by atoms with Crippen molar-refractivity contribution in [2.75, 3.05) is 13.2 Å². The Morgan fingerprint density at radius 3 is 2.47 bits per heavy atom. The first-order chi connectivity index (χ1) is 6.36. The molecule has 2 rings (SSSR count). The van der Waals surface area contributed by atoms with E-state index in [0.717, 1.165) is 12.5 Å². The van der Waals surface area contributed by atoms with Crippen molar-refractivity contribution in [1.29, 1.82) is 0 Å². The third-order valence-corrected chi connectivity index (χ3v) is 3.36. The Morgan fingerprint density at radius 2 is 1.93 bits per heavy atom. The first-order valence-electron chi connectivity index (χ1n) is 5.71. The van der Waals surface area contributed by atoms with E-state index in [1.54, 1.807) is 0 Å². The third-order valence-electron chi connectivity index (χ3n) is 3.36. The molecule has 0 spiro atoms. The topological polar surface area (TPSA) is 21.3 Å². The van der Waals surface area contributed by atoms with Crippen LogP contribution < -0.4 is 34.9 Å². The Kier molecular flexibility index (Phi) is 8.67. The van der Waals surface area contributed by atoms with E-state index < -0.39 is 0 Å². The molecule has 4 heteroatoms. The van der Waals surface area contributed by atoms with E-state index in [0.29, 0.717) is 12.1 Å². The van der Waals surface area contributed by atoms with Gasteiger partial charge in [0.25, 0.3) is 0 Å². The average Bonchev–Trinajstić information content (AvgIpc) is 2.20. The third kappa shape index (κ3) is 4.78. The van der Waals surface area contributed by atoms with Crippen LogP contribution in [-0.2, 0) is 4.74 Å². The second-order valence-electron chi connectivity index (χ2n) is 4.60. The van der Waals surface area contributed by atoms with Gasteiger partial charge in [-0.2, -0.15) is 0 Å². The minimum atomic E-state index is 0. The molecule has 2 aliphatic heterocycles. The quantitative estimate of drug-likeness (QED) is 0.494.